The van der Waals surface area contributed by atoms with Gasteiger partial charge in [-0.25, -0.2) is 0 Å². The second-order valence-corrected chi connectivity index (χ2v) is 4.32. The Labute approximate surface area is 121 Å². The van der Waals surface area contributed by atoms with Crippen molar-refractivity contribution in [2.45, 2.75) is 33.6 Å². The molecule has 2 heteroatoms. The lowest BCUT2D eigenvalue weighted by atomic mass is 9.93. The van der Waals surface area contributed by atoms with Crippen molar-refractivity contribution in [3.63, 3.8) is 0 Å². The molecule has 1 unspecified atom stereocenters. The van der Waals surface area contributed by atoms with Gasteiger partial charge in [-0.15, -0.1) is 0 Å². The Morgan fingerprint density at radius 2 is 1.55 bits per heavy atom. The first-order chi connectivity index (χ1) is 9.34. The van der Waals surface area contributed by atoms with Crippen molar-refractivity contribution in [1.82, 2.24) is 0 Å². The Balaban J connectivity index is 0.000000639. The molecule has 0 fully saturated rings. The maximum absolute atomic E-state index is 11.9. The molecule has 1 aliphatic rings. The van der Waals surface area contributed by atoms with E-state index in [1.54, 1.807) is 0 Å². The van der Waals surface area contributed by atoms with Crippen LogP contribution in [0.5, 0.6) is 0 Å². The minimum absolute atomic E-state index is 0. The second-order valence-electron chi connectivity index (χ2n) is 4.32. The highest BCUT2D eigenvalue weighted by Gasteiger charge is 2.29. The summed E-state index contributed by atoms with van der Waals surface area (Å²) in [7, 11) is 0. The predicted octanol–water partition coefficient (Wildman–Crippen LogP) is 4.63. The number of para-hydroxylation sites is 1. The topological polar surface area (TPSA) is 29.1 Å². The summed E-state index contributed by atoms with van der Waals surface area (Å²) in [4.78, 5) is 11.9. The van der Waals surface area contributed by atoms with Crippen LogP contribution in [-0.2, 0) is 11.2 Å². The van der Waals surface area contributed by atoms with Gasteiger partial charge < -0.3 is 5.32 Å². The summed E-state index contributed by atoms with van der Waals surface area (Å²) in [5.41, 5.74) is 3.27. The first kappa shape index (κ1) is 16.0. The van der Waals surface area contributed by atoms with E-state index >= 15 is 0 Å². The van der Waals surface area contributed by atoms with E-state index in [-0.39, 0.29) is 19.3 Å². The van der Waals surface area contributed by atoms with Gasteiger partial charge in [0.05, 0.1) is 5.92 Å². The minimum Gasteiger partial charge on any atom is -0.325 e. The number of carbonyl (C=O) groups excluding carboxylic acids is 1. The zero-order valence-electron chi connectivity index (χ0n) is 11.4. The van der Waals surface area contributed by atoms with Crippen LogP contribution in [-0.4, -0.2) is 5.91 Å². The molecule has 0 spiro atoms. The van der Waals surface area contributed by atoms with Crippen molar-refractivity contribution in [3.05, 3.63) is 65.7 Å². The fourth-order valence-electron chi connectivity index (χ4n) is 2.33. The molecule has 106 valence electrons. The van der Waals surface area contributed by atoms with E-state index in [2.05, 4.69) is 17.4 Å². The highest BCUT2D eigenvalue weighted by molar-refractivity contribution is 6.02. The molecule has 0 aliphatic carbocycles. The van der Waals surface area contributed by atoms with Crippen molar-refractivity contribution in [2.75, 3.05) is 5.32 Å². The van der Waals surface area contributed by atoms with E-state index in [4.69, 9.17) is 0 Å². The van der Waals surface area contributed by atoms with Crippen molar-refractivity contribution < 1.29 is 4.79 Å². The van der Waals surface area contributed by atoms with Gasteiger partial charge in [-0.3, -0.25) is 4.79 Å². The van der Waals surface area contributed by atoms with Crippen molar-refractivity contribution >= 4 is 11.6 Å². The number of benzene rings is 2. The van der Waals surface area contributed by atoms with Gasteiger partial charge in [-0.2, -0.15) is 0 Å². The van der Waals surface area contributed by atoms with E-state index < -0.39 is 0 Å². The lowest BCUT2D eigenvalue weighted by Gasteiger charge is -2.08. The molecule has 0 bridgehead atoms. The number of carbonyl (C=O) groups is 1. The number of nitrogens with one attached hydrogen (secondary N) is 1. The quantitative estimate of drug-likeness (QED) is 0.846. The zero-order valence-corrected chi connectivity index (χ0v) is 11.4. The molecule has 0 saturated carbocycles. The van der Waals surface area contributed by atoms with Gasteiger partial charge in [0, 0.05) is 5.69 Å². The van der Waals surface area contributed by atoms with Gasteiger partial charge in [0.15, 0.2) is 0 Å². The molecule has 1 heterocycles. The average molecular weight is 269 g/mol. The predicted molar refractivity (Wildman–Crippen MR) is 86.0 cm³/mol. The van der Waals surface area contributed by atoms with E-state index in [0.717, 1.165) is 17.7 Å². The molecule has 2 aromatic carbocycles. The Morgan fingerprint density at radius 3 is 2.25 bits per heavy atom. The maximum Gasteiger partial charge on any atom is 0.232 e. The summed E-state index contributed by atoms with van der Waals surface area (Å²) < 4.78 is 0. The van der Waals surface area contributed by atoms with Gasteiger partial charge in [-0.05, 0) is 23.6 Å². The van der Waals surface area contributed by atoms with E-state index in [9.17, 15) is 4.79 Å². The van der Waals surface area contributed by atoms with Crippen LogP contribution in [0.2, 0.25) is 0 Å². The van der Waals surface area contributed by atoms with Crippen molar-refractivity contribution in [1.29, 1.82) is 0 Å². The SMILES string of the molecule is C.CC.O=C1Nc2ccccc2C1Cc1ccccc1. The summed E-state index contributed by atoms with van der Waals surface area (Å²) in [6.07, 6.45) is 0.768. The van der Waals surface area contributed by atoms with Crippen LogP contribution in [0.15, 0.2) is 54.6 Å². The van der Waals surface area contributed by atoms with Gasteiger partial charge in [0.25, 0.3) is 0 Å². The summed E-state index contributed by atoms with van der Waals surface area (Å²) in [6.45, 7) is 4.00. The number of amides is 1. The van der Waals surface area contributed by atoms with Crippen LogP contribution in [0.1, 0.15) is 38.3 Å². The number of hydrogen-bond acceptors (Lipinski definition) is 1. The molecule has 3 rings (SSSR count). The standard InChI is InChI=1S/C15H13NO.C2H6.CH4/c17-15-13(10-11-6-2-1-3-7-11)12-8-4-5-9-14(12)16-15;1-2;/h1-9,13H,10H2,(H,16,17);1-2H3;1H4. The third kappa shape index (κ3) is 3.27. The lowest BCUT2D eigenvalue weighted by molar-refractivity contribution is -0.117. The molecule has 1 atom stereocenters. The fourth-order valence-corrected chi connectivity index (χ4v) is 2.33. The van der Waals surface area contributed by atoms with E-state index in [1.807, 2.05) is 56.3 Å². The van der Waals surface area contributed by atoms with Crippen molar-refractivity contribution in [2.24, 2.45) is 0 Å². The third-order valence-corrected chi connectivity index (χ3v) is 3.19. The third-order valence-electron chi connectivity index (χ3n) is 3.19. The molecule has 0 saturated heterocycles. The Hall–Kier alpha value is -2.09. The van der Waals surface area contributed by atoms with E-state index in [0.29, 0.717) is 0 Å². The summed E-state index contributed by atoms with van der Waals surface area (Å²) in [5.74, 6) is 0.0589. The zero-order chi connectivity index (χ0) is 13.7. The van der Waals surface area contributed by atoms with Crippen LogP contribution >= 0.6 is 0 Å². The molecule has 20 heavy (non-hydrogen) atoms. The van der Waals surface area contributed by atoms with Crippen LogP contribution in [0.3, 0.4) is 0 Å². The number of hydrogen-bond donors (Lipinski definition) is 1. The Bertz CT molecular complexity index is 548. The molecular formula is C18H23NO. The lowest BCUT2D eigenvalue weighted by Crippen LogP contribution is -2.14. The normalized spacial score (nSPS) is 15.3. The van der Waals surface area contributed by atoms with Gasteiger partial charge in [0.2, 0.25) is 5.91 Å². The van der Waals surface area contributed by atoms with E-state index in [1.165, 1.54) is 5.56 Å². The Morgan fingerprint density at radius 1 is 0.950 bits per heavy atom. The number of rotatable bonds is 2. The molecule has 2 nitrogen and oxygen atoms in total. The number of fused-ring (bicyclic) bond motifs is 1. The van der Waals surface area contributed by atoms with Crippen LogP contribution in [0.25, 0.3) is 0 Å². The first-order valence-corrected chi connectivity index (χ1v) is 6.78. The summed E-state index contributed by atoms with van der Waals surface area (Å²) >= 11 is 0. The molecule has 1 N–H and O–H groups in total. The smallest absolute Gasteiger partial charge is 0.232 e. The van der Waals surface area contributed by atoms with Crippen LogP contribution in [0, 0.1) is 0 Å². The molecule has 1 amide bonds. The highest BCUT2D eigenvalue weighted by atomic mass is 16.2. The highest BCUT2D eigenvalue weighted by Crippen LogP contribution is 2.34. The first-order valence-electron chi connectivity index (χ1n) is 6.78. The maximum atomic E-state index is 11.9. The molecule has 2 aromatic rings. The number of anilines is 1. The van der Waals surface area contributed by atoms with Crippen molar-refractivity contribution in [3.8, 4) is 0 Å². The Kier molecular flexibility index (Phi) is 5.98. The summed E-state index contributed by atoms with van der Waals surface area (Å²) in [5, 5.41) is 2.93. The van der Waals surface area contributed by atoms with Crippen LogP contribution < -0.4 is 5.32 Å². The van der Waals surface area contributed by atoms with Gasteiger partial charge in [0.1, 0.15) is 0 Å². The molecule has 0 radical (unpaired) electrons. The van der Waals surface area contributed by atoms with Gasteiger partial charge in [-0.1, -0.05) is 69.8 Å². The van der Waals surface area contributed by atoms with Gasteiger partial charge >= 0.3 is 0 Å². The molecule has 0 aromatic heterocycles. The van der Waals surface area contributed by atoms with Crippen LogP contribution in [0.4, 0.5) is 5.69 Å². The monoisotopic (exact) mass is 269 g/mol. The molecule has 1 aliphatic heterocycles. The second kappa shape index (κ2) is 7.49. The summed E-state index contributed by atoms with van der Waals surface area (Å²) in [6, 6.07) is 18.1. The fraction of sp³-hybridized carbons (Fsp3) is 0.278. The minimum atomic E-state index is -0.0476. The largest absolute Gasteiger partial charge is 0.325 e. The molecular weight excluding hydrogens is 246 g/mol. The average Bonchev–Trinajstić information content (AvgIpc) is 2.79.